The summed E-state index contributed by atoms with van der Waals surface area (Å²) < 4.78 is 66.7. The predicted octanol–water partition coefficient (Wildman–Crippen LogP) is 8.83. The number of carbonyl (C=O) groups is 1. The van der Waals surface area contributed by atoms with E-state index in [0.717, 1.165) is 33.9 Å². The first-order valence-electron chi connectivity index (χ1n) is 23.4. The first kappa shape index (κ1) is 45.3. The summed E-state index contributed by atoms with van der Waals surface area (Å²) in [5.41, 5.74) is 2.74. The molecule has 6 heterocycles. The molecule has 19 heteroatoms. The molecule has 2 aliphatic carbocycles. The Balaban J connectivity index is 1.05. The zero-order chi connectivity index (χ0) is 48.6. The lowest BCUT2D eigenvalue weighted by atomic mass is 9.83. The number of hydrogen-bond donors (Lipinski definition) is 1. The summed E-state index contributed by atoms with van der Waals surface area (Å²) in [6, 6.07) is 13.7. The Hall–Kier alpha value is -6.11. The van der Waals surface area contributed by atoms with E-state index < -0.39 is 38.6 Å². The van der Waals surface area contributed by atoms with Crippen molar-refractivity contribution in [2.75, 3.05) is 20.2 Å². The van der Waals surface area contributed by atoms with Crippen molar-refractivity contribution in [2.45, 2.75) is 113 Å². The van der Waals surface area contributed by atoms with Gasteiger partial charge in [0.05, 0.1) is 48.4 Å². The molecule has 69 heavy (non-hydrogen) atoms. The van der Waals surface area contributed by atoms with E-state index in [9.17, 15) is 13.8 Å². The summed E-state index contributed by atoms with van der Waals surface area (Å²) in [6.45, 7) is 12.3. The van der Waals surface area contributed by atoms with Crippen molar-refractivity contribution in [3.63, 3.8) is 0 Å². The number of fused-ring (bicyclic) bond motifs is 2. The first-order valence-corrected chi connectivity index (χ1v) is 25.3. The highest BCUT2D eigenvalue weighted by Crippen LogP contribution is 2.56. The molecule has 0 bridgehead atoms. The zero-order valence-electron chi connectivity index (χ0n) is 39.3. The normalized spacial score (nSPS) is 23.0. The first-order chi connectivity index (χ1) is 32.9. The second-order valence-corrected chi connectivity index (χ2v) is 22.8. The molecule has 5 atom stereocenters. The Morgan fingerprint density at radius 2 is 1.70 bits per heavy atom. The highest BCUT2D eigenvalue weighted by molar-refractivity contribution is 7.94. The van der Waals surface area contributed by atoms with Gasteiger partial charge < -0.3 is 14.2 Å². The number of amides is 1. The van der Waals surface area contributed by atoms with Crippen LogP contribution in [0, 0.1) is 31.4 Å². The Morgan fingerprint density at radius 3 is 2.35 bits per heavy atom. The van der Waals surface area contributed by atoms with Gasteiger partial charge in [-0.15, -0.1) is 0 Å². The molecule has 3 fully saturated rings. The molecule has 360 valence electrons. The molecule has 0 spiro atoms. The number of ether oxygens (including phenoxy) is 1. The van der Waals surface area contributed by atoms with E-state index in [1.54, 1.807) is 35.6 Å². The topological polar surface area (TPSA) is 168 Å². The molecule has 1 saturated heterocycles. The minimum Gasteiger partial charge on any atom is -0.376 e. The van der Waals surface area contributed by atoms with E-state index in [1.807, 2.05) is 30.5 Å². The molecule has 0 radical (unpaired) electrons. The molecule has 1 N–H and O–H groups in total. The van der Waals surface area contributed by atoms with Crippen molar-refractivity contribution in [3.8, 4) is 17.2 Å². The fourth-order valence-corrected chi connectivity index (χ4v) is 13.9. The highest BCUT2D eigenvalue weighted by Gasteiger charge is 2.59. The summed E-state index contributed by atoms with van der Waals surface area (Å²) in [4.78, 5) is 47.5. The molecule has 11 rings (SSSR count). The fraction of sp³-hybridized carbons (Fsp3) is 0.420. The van der Waals surface area contributed by atoms with Crippen LogP contribution in [-0.4, -0.2) is 79.7 Å². The number of aromatic amines is 1. The lowest BCUT2D eigenvalue weighted by molar-refractivity contribution is -0.0592. The van der Waals surface area contributed by atoms with Gasteiger partial charge >= 0.3 is 11.4 Å². The van der Waals surface area contributed by atoms with Gasteiger partial charge in [-0.2, -0.15) is 5.10 Å². The van der Waals surface area contributed by atoms with E-state index in [2.05, 4.69) is 40.5 Å². The number of benzene rings is 3. The van der Waals surface area contributed by atoms with Gasteiger partial charge in [0.15, 0.2) is 11.6 Å². The monoisotopic (exact) mass is 979 g/mol. The van der Waals surface area contributed by atoms with Gasteiger partial charge in [0.25, 0.3) is 5.91 Å². The van der Waals surface area contributed by atoms with E-state index in [4.69, 9.17) is 26.0 Å². The van der Waals surface area contributed by atoms with Crippen molar-refractivity contribution in [2.24, 2.45) is 10.3 Å². The number of aromatic nitrogens is 7. The number of H-pyrrole nitrogens is 1. The number of nitrogens with zero attached hydrogens (tertiary/aromatic N) is 8. The molecule has 2 saturated carbocycles. The lowest BCUT2D eigenvalue weighted by Crippen LogP contribution is -2.41. The highest BCUT2D eigenvalue weighted by atomic mass is 35.5. The smallest absolute Gasteiger partial charge is 0.376 e. The summed E-state index contributed by atoms with van der Waals surface area (Å²) in [5.74, 6) is -1.44. The fourth-order valence-electron chi connectivity index (χ4n) is 11.2. The van der Waals surface area contributed by atoms with Crippen molar-refractivity contribution in [3.05, 3.63) is 138 Å². The van der Waals surface area contributed by atoms with Gasteiger partial charge in [-0.05, 0) is 138 Å². The quantitative estimate of drug-likeness (QED) is 0.150. The van der Waals surface area contributed by atoms with Crippen LogP contribution >= 0.6 is 11.6 Å². The van der Waals surface area contributed by atoms with Crippen LogP contribution in [0.25, 0.3) is 28.1 Å². The maximum Gasteiger partial charge on any atom is 0.438 e. The molecular weight excluding hydrogens is 928 g/mol. The molecule has 1 unspecified atom stereocenters. The number of nitrogens with one attached hydrogen (secondary N) is 1. The third kappa shape index (κ3) is 7.01. The van der Waals surface area contributed by atoms with E-state index in [0.29, 0.717) is 71.9 Å². The lowest BCUT2D eigenvalue weighted by Gasteiger charge is -2.35. The average molecular weight is 981 g/mol. The standard InChI is InChI=1S/C50H52ClF2N9O6S/c1-26-20-33(21-27(2)42(26)52)62-44(60-18-17-59(48(60)65)37-12-13-39(41(51)43(37)53)69(66,54-7)34-9-10-34)40-29(4)58(16-14-35(40)56-62)45(63)38-23-32-22-30(31-15-19-67-49(5,6)25-31)8-11-36(32)61(38)50(24-28(50)3)46-55-47(64)68-57-46/h8,11-13,17-18,20-23,28-29,31,34H,9-10,14-16,19,24-25H2,1-7H3,(H,55,57,64)/t28-,29-,31-,50-,69?/m0/s1. The summed E-state index contributed by atoms with van der Waals surface area (Å²) in [6.07, 6.45) is 6.89. The number of aryl methyl sites for hydroxylation is 2. The van der Waals surface area contributed by atoms with Gasteiger partial charge in [0, 0.05) is 60.7 Å². The van der Waals surface area contributed by atoms with Crippen LogP contribution in [0.2, 0.25) is 5.02 Å². The molecule has 4 aromatic heterocycles. The van der Waals surface area contributed by atoms with Gasteiger partial charge in [-0.3, -0.25) is 23.4 Å². The van der Waals surface area contributed by atoms with Crippen LogP contribution < -0.4 is 11.4 Å². The third-order valence-corrected chi connectivity index (χ3v) is 18.3. The van der Waals surface area contributed by atoms with Gasteiger partial charge in [0.1, 0.15) is 22.9 Å². The zero-order valence-corrected chi connectivity index (χ0v) is 40.9. The van der Waals surface area contributed by atoms with Crippen LogP contribution in [0.1, 0.15) is 116 Å². The molecular formula is C50H52ClF2N9O6S. The minimum absolute atomic E-state index is 0.0232. The van der Waals surface area contributed by atoms with Crippen molar-refractivity contribution in [1.82, 2.24) is 38.5 Å². The molecule has 7 aromatic rings. The van der Waals surface area contributed by atoms with E-state index >= 15 is 13.6 Å². The van der Waals surface area contributed by atoms with Crippen molar-refractivity contribution >= 4 is 38.1 Å². The Morgan fingerprint density at radius 1 is 0.971 bits per heavy atom. The maximum atomic E-state index is 16.4. The number of carbonyl (C=O) groups excluding carboxylic acids is 1. The Kier molecular flexibility index (Phi) is 10.5. The van der Waals surface area contributed by atoms with E-state index in [-0.39, 0.29) is 62.4 Å². The van der Waals surface area contributed by atoms with Crippen molar-refractivity contribution in [1.29, 1.82) is 0 Å². The van der Waals surface area contributed by atoms with Crippen molar-refractivity contribution < 1.29 is 27.0 Å². The number of hydrogen-bond acceptors (Lipinski definition) is 9. The van der Waals surface area contributed by atoms with Crippen LogP contribution in [-0.2, 0) is 26.4 Å². The number of halogens is 3. The predicted molar refractivity (Wildman–Crippen MR) is 256 cm³/mol. The van der Waals surface area contributed by atoms with Gasteiger partial charge in [0.2, 0.25) is 0 Å². The average Bonchev–Trinajstić information content (AvgIpc) is 4.05. The number of rotatable bonds is 9. The van der Waals surface area contributed by atoms with Crippen LogP contribution in [0.15, 0.2) is 84.3 Å². The van der Waals surface area contributed by atoms with Crippen LogP contribution in [0.5, 0.6) is 0 Å². The SMILES string of the molecule is CN=S(=O)(c1ccc(-n2ccn(-c3c4c(nn3-c3cc(C)c(F)c(C)c3)CCN(C(=O)c3cc5cc([C@H]6CCOC(C)(C)C6)ccc5n3[C@@]3(c5noc(=O)[nH]5)C[C@@H]3C)[C@H]4C)c2=O)c(F)c1Cl)C1CC1. The molecule has 1 amide bonds. The summed E-state index contributed by atoms with van der Waals surface area (Å²) >= 11 is 6.62. The summed E-state index contributed by atoms with van der Waals surface area (Å²) in [7, 11) is -1.54. The number of imidazole rings is 1. The van der Waals surface area contributed by atoms with Gasteiger partial charge in [-0.25, -0.2) is 31.6 Å². The Bertz CT molecular complexity index is 3530. The minimum atomic E-state index is -2.98. The third-order valence-electron chi connectivity index (χ3n) is 15.0. The second-order valence-electron chi connectivity index (χ2n) is 19.9. The second kappa shape index (κ2) is 16.0. The van der Waals surface area contributed by atoms with Gasteiger partial charge in [-0.1, -0.05) is 29.7 Å². The van der Waals surface area contributed by atoms with Crippen LogP contribution in [0.4, 0.5) is 8.78 Å². The van der Waals surface area contributed by atoms with E-state index in [1.165, 1.54) is 36.1 Å². The molecule has 2 aliphatic heterocycles. The summed E-state index contributed by atoms with van der Waals surface area (Å²) in [5, 5.41) is 9.49. The Labute approximate surface area is 401 Å². The van der Waals surface area contributed by atoms with Crippen LogP contribution in [0.3, 0.4) is 0 Å². The molecule has 3 aromatic carbocycles. The maximum absolute atomic E-state index is 16.4. The largest absolute Gasteiger partial charge is 0.438 e. The molecule has 15 nitrogen and oxygen atoms in total. The molecule has 4 aliphatic rings.